The molecule has 1 atom stereocenters. The van der Waals surface area contributed by atoms with E-state index in [1.807, 2.05) is 13.1 Å². The molecule has 0 aromatic carbocycles. The van der Waals surface area contributed by atoms with Crippen LogP contribution in [0, 0.1) is 0 Å². The van der Waals surface area contributed by atoms with Crippen molar-refractivity contribution >= 4 is 11.9 Å². The van der Waals surface area contributed by atoms with E-state index in [0.717, 1.165) is 12.8 Å². The number of nitrogens with zero attached hydrogens (tertiary/aromatic N) is 2. The number of hydrogen-bond donors (Lipinski definition) is 0. The van der Waals surface area contributed by atoms with Gasteiger partial charge in [-0.1, -0.05) is 6.92 Å². The maximum absolute atomic E-state index is 4.25. The summed E-state index contributed by atoms with van der Waals surface area (Å²) in [5.74, 6) is 0. The summed E-state index contributed by atoms with van der Waals surface area (Å²) in [5, 5.41) is 0. The first-order valence-corrected chi connectivity index (χ1v) is 3.40. The zero-order chi connectivity index (χ0) is 6.69. The van der Waals surface area contributed by atoms with Gasteiger partial charge in [-0.05, 0) is 19.6 Å². The highest BCUT2D eigenvalue weighted by molar-refractivity contribution is 5.89. The van der Waals surface area contributed by atoms with Crippen molar-refractivity contribution in [3.8, 4) is 0 Å². The van der Waals surface area contributed by atoms with Gasteiger partial charge in [0.1, 0.15) is 6.17 Å². The van der Waals surface area contributed by atoms with Crippen LogP contribution in [0.3, 0.4) is 0 Å². The van der Waals surface area contributed by atoms with Crippen molar-refractivity contribution in [2.24, 2.45) is 9.98 Å². The zero-order valence-electron chi connectivity index (χ0n) is 5.96. The first-order valence-electron chi connectivity index (χ1n) is 3.40. The van der Waals surface area contributed by atoms with E-state index in [4.69, 9.17) is 0 Å². The lowest BCUT2D eigenvalue weighted by Gasteiger charge is -2.19. The average Bonchev–Trinajstić information content (AvgIpc) is 1.77. The molecule has 1 unspecified atom stereocenters. The summed E-state index contributed by atoms with van der Waals surface area (Å²) in [7, 11) is 0. The van der Waals surface area contributed by atoms with Gasteiger partial charge in [-0.25, -0.2) is 0 Å². The normalized spacial score (nSPS) is 26.0. The lowest BCUT2D eigenvalue weighted by atomic mass is 10.1. The van der Waals surface area contributed by atoms with Crippen LogP contribution >= 0.6 is 0 Å². The predicted molar refractivity (Wildman–Crippen MR) is 40.3 cm³/mol. The topological polar surface area (TPSA) is 24.7 Å². The van der Waals surface area contributed by atoms with E-state index >= 15 is 0 Å². The van der Waals surface area contributed by atoms with Crippen LogP contribution in [-0.2, 0) is 0 Å². The van der Waals surface area contributed by atoms with Gasteiger partial charge in [-0.3, -0.25) is 9.98 Å². The van der Waals surface area contributed by atoms with E-state index in [-0.39, 0.29) is 6.17 Å². The first-order chi connectivity index (χ1) is 4.36. The van der Waals surface area contributed by atoms with Crippen molar-refractivity contribution in [3.05, 3.63) is 0 Å². The molecule has 0 N–H and O–H groups in total. The molecule has 0 saturated carbocycles. The second-order valence-corrected chi connectivity index (χ2v) is 2.14. The van der Waals surface area contributed by atoms with Gasteiger partial charge in [0.05, 0.1) is 0 Å². The molecular formula is C7H12N2. The highest BCUT2D eigenvalue weighted by Gasteiger charge is 2.16. The van der Waals surface area contributed by atoms with Crippen LogP contribution in [0.15, 0.2) is 9.98 Å². The molecule has 1 heterocycles. The van der Waals surface area contributed by atoms with Crippen molar-refractivity contribution in [2.45, 2.75) is 32.9 Å². The van der Waals surface area contributed by atoms with Gasteiger partial charge < -0.3 is 0 Å². The standard InChI is InChI=1S/C7H12N2/c1-3-6-5-7(9-6)8-4-2/h4,7H,3,5H2,1-2H3. The summed E-state index contributed by atoms with van der Waals surface area (Å²) in [4.78, 5) is 8.36. The molecule has 1 aliphatic rings. The molecule has 9 heavy (non-hydrogen) atoms. The van der Waals surface area contributed by atoms with E-state index in [1.165, 1.54) is 5.71 Å². The number of rotatable bonds is 2. The fraction of sp³-hybridized carbons (Fsp3) is 0.714. The molecular weight excluding hydrogens is 112 g/mol. The Labute approximate surface area is 55.7 Å². The molecule has 0 spiro atoms. The van der Waals surface area contributed by atoms with Gasteiger partial charge in [0, 0.05) is 12.1 Å². The zero-order valence-corrected chi connectivity index (χ0v) is 5.96. The third-order valence-electron chi connectivity index (χ3n) is 1.48. The van der Waals surface area contributed by atoms with E-state index in [0.29, 0.717) is 0 Å². The minimum atomic E-state index is 0.268. The molecule has 0 bridgehead atoms. The Hall–Kier alpha value is -0.660. The summed E-state index contributed by atoms with van der Waals surface area (Å²) in [5.41, 5.74) is 1.31. The molecule has 0 aromatic heterocycles. The largest absolute Gasteiger partial charge is 0.271 e. The van der Waals surface area contributed by atoms with E-state index < -0.39 is 0 Å². The van der Waals surface area contributed by atoms with Crippen LogP contribution in [0.2, 0.25) is 0 Å². The highest BCUT2D eigenvalue weighted by atomic mass is 15.0. The van der Waals surface area contributed by atoms with Crippen LogP contribution in [0.1, 0.15) is 26.7 Å². The van der Waals surface area contributed by atoms with Gasteiger partial charge in [-0.15, -0.1) is 0 Å². The molecule has 0 fully saturated rings. The second kappa shape index (κ2) is 2.76. The average molecular weight is 124 g/mol. The monoisotopic (exact) mass is 124 g/mol. The fourth-order valence-electron chi connectivity index (χ4n) is 0.901. The molecule has 2 heteroatoms. The molecule has 1 rings (SSSR count). The maximum atomic E-state index is 4.25. The summed E-state index contributed by atoms with van der Waals surface area (Å²) in [6, 6.07) is 0. The Morgan fingerprint density at radius 3 is 3.00 bits per heavy atom. The Balaban J connectivity index is 2.33. The summed E-state index contributed by atoms with van der Waals surface area (Å²) in [6.45, 7) is 4.06. The minimum absolute atomic E-state index is 0.268. The predicted octanol–water partition coefficient (Wildman–Crippen LogP) is 1.66. The molecule has 0 amide bonds. The minimum Gasteiger partial charge on any atom is -0.271 e. The van der Waals surface area contributed by atoms with Crippen LogP contribution in [-0.4, -0.2) is 18.1 Å². The van der Waals surface area contributed by atoms with Gasteiger partial charge in [-0.2, -0.15) is 0 Å². The van der Waals surface area contributed by atoms with Crippen molar-refractivity contribution in [2.75, 3.05) is 0 Å². The highest BCUT2D eigenvalue weighted by Crippen LogP contribution is 2.15. The molecule has 0 aliphatic carbocycles. The quantitative estimate of drug-likeness (QED) is 0.500. The van der Waals surface area contributed by atoms with E-state index in [2.05, 4.69) is 16.9 Å². The van der Waals surface area contributed by atoms with Crippen molar-refractivity contribution in [3.63, 3.8) is 0 Å². The second-order valence-electron chi connectivity index (χ2n) is 2.14. The van der Waals surface area contributed by atoms with Gasteiger partial charge in [0.25, 0.3) is 0 Å². The molecule has 50 valence electrons. The molecule has 2 nitrogen and oxygen atoms in total. The van der Waals surface area contributed by atoms with Crippen molar-refractivity contribution in [1.82, 2.24) is 0 Å². The number of hydrogen-bond acceptors (Lipinski definition) is 2. The van der Waals surface area contributed by atoms with Gasteiger partial charge in [0.15, 0.2) is 0 Å². The molecule has 1 aliphatic heterocycles. The Bertz CT molecular complexity index is 147. The van der Waals surface area contributed by atoms with Crippen LogP contribution in [0.25, 0.3) is 0 Å². The summed E-state index contributed by atoms with van der Waals surface area (Å²) >= 11 is 0. The first kappa shape index (κ1) is 6.46. The molecule has 0 radical (unpaired) electrons. The van der Waals surface area contributed by atoms with Gasteiger partial charge in [0.2, 0.25) is 0 Å². The molecule has 0 saturated heterocycles. The van der Waals surface area contributed by atoms with Crippen LogP contribution in [0.4, 0.5) is 0 Å². The smallest absolute Gasteiger partial charge is 0.144 e. The number of aliphatic imine (C=N–C) groups is 2. The lowest BCUT2D eigenvalue weighted by Crippen LogP contribution is -2.21. The molecule has 0 aromatic rings. The lowest BCUT2D eigenvalue weighted by molar-refractivity contribution is 0.672. The fourth-order valence-corrected chi connectivity index (χ4v) is 0.901. The van der Waals surface area contributed by atoms with E-state index in [9.17, 15) is 0 Å². The van der Waals surface area contributed by atoms with E-state index in [1.54, 1.807) is 0 Å². The van der Waals surface area contributed by atoms with Crippen LogP contribution < -0.4 is 0 Å². The van der Waals surface area contributed by atoms with Crippen molar-refractivity contribution in [1.29, 1.82) is 0 Å². The van der Waals surface area contributed by atoms with Gasteiger partial charge >= 0.3 is 0 Å². The maximum Gasteiger partial charge on any atom is 0.144 e. The summed E-state index contributed by atoms with van der Waals surface area (Å²) < 4.78 is 0. The Kier molecular flexibility index (Phi) is 1.98. The summed E-state index contributed by atoms with van der Waals surface area (Å²) in [6.07, 6.45) is 4.27. The Morgan fingerprint density at radius 1 is 1.89 bits per heavy atom. The van der Waals surface area contributed by atoms with Crippen molar-refractivity contribution < 1.29 is 0 Å². The van der Waals surface area contributed by atoms with Crippen LogP contribution in [0.5, 0.6) is 0 Å². The third kappa shape index (κ3) is 1.37. The third-order valence-corrected chi connectivity index (χ3v) is 1.48. The Morgan fingerprint density at radius 2 is 2.56 bits per heavy atom. The SMILES string of the molecule is CC=NC1CC(CC)=N1.